The highest BCUT2D eigenvalue weighted by Crippen LogP contribution is 2.16. The van der Waals surface area contributed by atoms with Crippen LogP contribution in [0.1, 0.15) is 20.8 Å². The number of nitro groups is 1. The Morgan fingerprint density at radius 3 is 1.90 bits per heavy atom. The van der Waals surface area contributed by atoms with Crippen LogP contribution < -0.4 is 16.0 Å². The molecule has 0 bridgehead atoms. The largest absolute Gasteiger partial charge is 0.326 e. The number of nitrogens with zero attached hydrogens (tertiary/aromatic N) is 2. The van der Waals surface area contributed by atoms with Gasteiger partial charge >= 0.3 is 0 Å². The maximum absolute atomic E-state index is 12.5. The van der Waals surface area contributed by atoms with Crippen molar-refractivity contribution in [1.82, 2.24) is 4.90 Å². The molecule has 1 unspecified atom stereocenters. The van der Waals surface area contributed by atoms with Gasteiger partial charge in [-0.15, -0.1) is 0 Å². The average molecular weight is 427 g/mol. The normalized spacial score (nSPS) is 11.5. The zero-order valence-electron chi connectivity index (χ0n) is 17.5. The molecule has 0 saturated heterocycles. The fraction of sp³-hybridized carbons (Fsp3) is 0.286. The molecule has 10 nitrogen and oxygen atoms in total. The Labute approximate surface area is 179 Å². The summed E-state index contributed by atoms with van der Waals surface area (Å²) in [4.78, 5) is 47.9. The maximum Gasteiger partial charge on any atom is 0.269 e. The third-order valence-electron chi connectivity index (χ3n) is 4.51. The van der Waals surface area contributed by atoms with E-state index in [0.29, 0.717) is 23.6 Å². The van der Waals surface area contributed by atoms with Crippen LogP contribution in [0.3, 0.4) is 0 Å². The molecular weight excluding hydrogens is 402 g/mol. The molecule has 2 aromatic rings. The summed E-state index contributed by atoms with van der Waals surface area (Å²) in [7, 11) is 0. The van der Waals surface area contributed by atoms with Gasteiger partial charge in [-0.25, -0.2) is 0 Å². The number of benzene rings is 2. The number of hydrogen-bond donors (Lipinski definition) is 3. The van der Waals surface area contributed by atoms with Gasteiger partial charge in [-0.2, -0.15) is 0 Å². The number of nitrogens with one attached hydrogen (secondary N) is 3. The topological polar surface area (TPSA) is 134 Å². The molecule has 10 heteroatoms. The highest BCUT2D eigenvalue weighted by atomic mass is 16.6. The fourth-order valence-corrected chi connectivity index (χ4v) is 2.83. The molecule has 3 N–H and O–H groups in total. The minimum atomic E-state index is -0.604. The van der Waals surface area contributed by atoms with E-state index in [1.165, 1.54) is 31.2 Å². The smallest absolute Gasteiger partial charge is 0.269 e. The molecule has 0 aliphatic heterocycles. The van der Waals surface area contributed by atoms with Gasteiger partial charge in [0.15, 0.2) is 0 Å². The lowest BCUT2D eigenvalue weighted by atomic mass is 10.2. The number of amides is 3. The van der Waals surface area contributed by atoms with Crippen molar-refractivity contribution < 1.29 is 19.3 Å². The summed E-state index contributed by atoms with van der Waals surface area (Å²) >= 11 is 0. The second-order valence-electron chi connectivity index (χ2n) is 6.84. The number of anilines is 3. The molecule has 3 amide bonds. The second kappa shape index (κ2) is 10.8. The van der Waals surface area contributed by atoms with Gasteiger partial charge in [-0.1, -0.05) is 6.92 Å². The molecule has 0 spiro atoms. The molecule has 164 valence electrons. The van der Waals surface area contributed by atoms with E-state index in [2.05, 4.69) is 16.0 Å². The molecule has 0 saturated carbocycles. The molecule has 0 aliphatic rings. The van der Waals surface area contributed by atoms with Crippen molar-refractivity contribution in [3.8, 4) is 0 Å². The Morgan fingerprint density at radius 2 is 1.42 bits per heavy atom. The fourth-order valence-electron chi connectivity index (χ4n) is 2.83. The molecule has 2 aromatic carbocycles. The van der Waals surface area contributed by atoms with Crippen molar-refractivity contribution in [3.05, 3.63) is 58.6 Å². The van der Waals surface area contributed by atoms with E-state index in [-0.39, 0.29) is 30.0 Å². The lowest BCUT2D eigenvalue weighted by molar-refractivity contribution is -0.384. The predicted molar refractivity (Wildman–Crippen MR) is 118 cm³/mol. The van der Waals surface area contributed by atoms with Gasteiger partial charge in [0.25, 0.3) is 5.69 Å². The van der Waals surface area contributed by atoms with Crippen LogP contribution in [-0.4, -0.2) is 46.7 Å². The first-order valence-corrected chi connectivity index (χ1v) is 9.66. The van der Waals surface area contributed by atoms with Crippen molar-refractivity contribution in [2.45, 2.75) is 26.8 Å². The number of carbonyl (C=O) groups excluding carboxylic acids is 3. The van der Waals surface area contributed by atoms with Gasteiger partial charge in [-0.05, 0) is 49.9 Å². The van der Waals surface area contributed by atoms with Crippen molar-refractivity contribution >= 4 is 40.5 Å². The van der Waals surface area contributed by atoms with Crippen molar-refractivity contribution in [1.29, 1.82) is 0 Å². The maximum atomic E-state index is 12.5. The Bertz CT molecular complexity index is 944. The monoisotopic (exact) mass is 427 g/mol. The SMILES string of the molecule is CCN(CC(=O)Nc1ccc(NC(C)=O)cc1)C(C)C(=O)Nc1ccc([N+](=O)[O-])cc1. The van der Waals surface area contributed by atoms with E-state index in [0.717, 1.165) is 0 Å². The quantitative estimate of drug-likeness (QED) is 0.416. The van der Waals surface area contributed by atoms with Crippen molar-refractivity contribution in [2.75, 3.05) is 29.0 Å². The molecule has 0 aliphatic carbocycles. The number of hydrogen-bond acceptors (Lipinski definition) is 6. The van der Waals surface area contributed by atoms with Gasteiger partial charge in [-0.3, -0.25) is 29.4 Å². The molecular formula is C21H25N5O5. The highest BCUT2D eigenvalue weighted by molar-refractivity contribution is 5.96. The van der Waals surface area contributed by atoms with Gasteiger partial charge in [0, 0.05) is 36.1 Å². The van der Waals surface area contributed by atoms with Crippen molar-refractivity contribution in [2.24, 2.45) is 0 Å². The number of nitro benzene ring substituents is 1. The standard InChI is InChI=1S/C21H25N5O5/c1-4-25(13-20(28)23-17-7-5-16(6-8-17)22-15(3)27)14(2)21(29)24-18-9-11-19(12-10-18)26(30)31/h5-12,14H,4,13H2,1-3H3,(H,22,27)(H,23,28)(H,24,29). The summed E-state index contributed by atoms with van der Waals surface area (Å²) in [5.41, 5.74) is 1.56. The summed E-state index contributed by atoms with van der Waals surface area (Å²) in [5, 5.41) is 18.8. The van der Waals surface area contributed by atoms with Crippen LogP contribution in [0, 0.1) is 10.1 Å². The van der Waals surface area contributed by atoms with Gasteiger partial charge in [0.2, 0.25) is 17.7 Å². The Morgan fingerprint density at radius 1 is 0.935 bits per heavy atom. The van der Waals surface area contributed by atoms with Gasteiger partial charge < -0.3 is 16.0 Å². The van der Waals surface area contributed by atoms with E-state index >= 15 is 0 Å². The number of rotatable bonds is 9. The van der Waals surface area contributed by atoms with Crippen LogP contribution in [0.25, 0.3) is 0 Å². The number of non-ortho nitro benzene ring substituents is 1. The highest BCUT2D eigenvalue weighted by Gasteiger charge is 2.22. The Balaban J connectivity index is 1.92. The van der Waals surface area contributed by atoms with Crippen LogP contribution in [0.2, 0.25) is 0 Å². The number of carbonyl (C=O) groups is 3. The third-order valence-corrected chi connectivity index (χ3v) is 4.51. The molecule has 31 heavy (non-hydrogen) atoms. The lowest BCUT2D eigenvalue weighted by Gasteiger charge is -2.26. The Kier molecular flexibility index (Phi) is 8.21. The van der Waals surface area contributed by atoms with E-state index in [1.54, 1.807) is 36.1 Å². The van der Waals surface area contributed by atoms with Gasteiger partial charge in [0.1, 0.15) is 0 Å². The van der Waals surface area contributed by atoms with Gasteiger partial charge in [0.05, 0.1) is 17.5 Å². The first kappa shape index (κ1) is 23.5. The van der Waals surface area contributed by atoms with Crippen LogP contribution in [0.4, 0.5) is 22.7 Å². The summed E-state index contributed by atoms with van der Waals surface area (Å²) in [5.74, 6) is -0.802. The molecule has 0 aromatic heterocycles. The summed E-state index contributed by atoms with van der Waals surface area (Å²) in [6.07, 6.45) is 0. The van der Waals surface area contributed by atoms with Crippen LogP contribution in [0.15, 0.2) is 48.5 Å². The average Bonchev–Trinajstić information content (AvgIpc) is 2.73. The van der Waals surface area contributed by atoms with E-state index < -0.39 is 11.0 Å². The molecule has 0 fully saturated rings. The minimum absolute atomic E-state index is 0.00119. The predicted octanol–water partition coefficient (Wildman–Crippen LogP) is 2.84. The first-order chi connectivity index (χ1) is 14.7. The molecule has 0 heterocycles. The molecule has 0 radical (unpaired) electrons. The van der Waals surface area contributed by atoms with Crippen LogP contribution >= 0.6 is 0 Å². The number of likely N-dealkylation sites (N-methyl/N-ethyl adjacent to an activating group) is 1. The lowest BCUT2D eigenvalue weighted by Crippen LogP contribution is -2.45. The van der Waals surface area contributed by atoms with Crippen LogP contribution in [-0.2, 0) is 14.4 Å². The summed E-state index contributed by atoms with van der Waals surface area (Å²) in [6.45, 7) is 5.39. The first-order valence-electron chi connectivity index (χ1n) is 9.66. The van der Waals surface area contributed by atoms with E-state index in [9.17, 15) is 24.5 Å². The Hall–Kier alpha value is -3.79. The zero-order valence-corrected chi connectivity index (χ0v) is 17.5. The second-order valence-corrected chi connectivity index (χ2v) is 6.84. The summed E-state index contributed by atoms with van der Waals surface area (Å²) in [6, 6.07) is 11.6. The zero-order chi connectivity index (χ0) is 23.0. The van der Waals surface area contributed by atoms with Crippen molar-refractivity contribution in [3.63, 3.8) is 0 Å². The van der Waals surface area contributed by atoms with E-state index in [4.69, 9.17) is 0 Å². The third kappa shape index (κ3) is 7.19. The van der Waals surface area contributed by atoms with E-state index in [1.807, 2.05) is 6.92 Å². The molecule has 1 atom stereocenters. The van der Waals surface area contributed by atoms with Crippen LogP contribution in [0.5, 0.6) is 0 Å². The summed E-state index contributed by atoms with van der Waals surface area (Å²) < 4.78 is 0. The minimum Gasteiger partial charge on any atom is -0.326 e. The molecule has 2 rings (SSSR count).